The van der Waals surface area contributed by atoms with E-state index in [-0.39, 0.29) is 12.6 Å². The highest BCUT2D eigenvalue weighted by Gasteiger charge is 2.45. The molecule has 5 nitrogen and oxygen atoms in total. The van der Waals surface area contributed by atoms with Gasteiger partial charge in [0.1, 0.15) is 12.0 Å². The molecule has 118 valence electrons. The highest BCUT2D eigenvalue weighted by Crippen LogP contribution is 2.36. The van der Waals surface area contributed by atoms with Gasteiger partial charge in [0.25, 0.3) is 0 Å². The minimum absolute atomic E-state index is 0.210. The van der Waals surface area contributed by atoms with Crippen molar-refractivity contribution in [3.05, 3.63) is 48.0 Å². The maximum atomic E-state index is 12.5. The van der Waals surface area contributed by atoms with Crippen molar-refractivity contribution < 1.29 is 19.0 Å². The van der Waals surface area contributed by atoms with Gasteiger partial charge >= 0.3 is 5.97 Å². The summed E-state index contributed by atoms with van der Waals surface area (Å²) in [7, 11) is 0. The van der Waals surface area contributed by atoms with Gasteiger partial charge in [-0.15, -0.1) is 0 Å². The molecule has 0 amide bonds. The van der Waals surface area contributed by atoms with E-state index in [9.17, 15) is 4.79 Å². The van der Waals surface area contributed by atoms with Crippen LogP contribution in [0.25, 0.3) is 0 Å². The third kappa shape index (κ3) is 2.45. The van der Waals surface area contributed by atoms with Crippen molar-refractivity contribution in [2.45, 2.75) is 17.4 Å². The van der Waals surface area contributed by atoms with Crippen molar-refractivity contribution in [2.75, 3.05) is 33.0 Å². The van der Waals surface area contributed by atoms with Gasteiger partial charge in [-0.1, -0.05) is 36.9 Å². The van der Waals surface area contributed by atoms with Crippen LogP contribution in [0.2, 0.25) is 0 Å². The number of carbonyl (C=O) groups is 1. The summed E-state index contributed by atoms with van der Waals surface area (Å²) in [5.74, 6) is -0.257. The lowest BCUT2D eigenvalue weighted by Gasteiger charge is -2.38. The molecule has 0 saturated carbocycles. The third-order valence-corrected chi connectivity index (χ3v) is 4.48. The molecule has 2 aliphatic heterocycles. The van der Waals surface area contributed by atoms with Gasteiger partial charge in [0.15, 0.2) is 0 Å². The van der Waals surface area contributed by atoms with Crippen LogP contribution in [-0.4, -0.2) is 39.0 Å². The van der Waals surface area contributed by atoms with Gasteiger partial charge in [-0.3, -0.25) is 4.79 Å². The summed E-state index contributed by atoms with van der Waals surface area (Å²) in [5.41, 5.74) is 7.04. The summed E-state index contributed by atoms with van der Waals surface area (Å²) in [6.07, 6.45) is 2.19. The van der Waals surface area contributed by atoms with Gasteiger partial charge < -0.3 is 19.9 Å². The van der Waals surface area contributed by atoms with E-state index in [1.54, 1.807) is 6.08 Å². The molecule has 1 unspecified atom stereocenters. The Balaban J connectivity index is 1.85. The molecule has 2 saturated heterocycles. The minimum Gasteiger partial charge on any atom is -0.461 e. The Morgan fingerprint density at radius 2 is 1.91 bits per heavy atom. The van der Waals surface area contributed by atoms with Crippen LogP contribution in [0.5, 0.6) is 0 Å². The molecule has 0 radical (unpaired) electrons. The van der Waals surface area contributed by atoms with E-state index < -0.39 is 11.0 Å². The van der Waals surface area contributed by atoms with Gasteiger partial charge in [-0.2, -0.15) is 0 Å². The maximum Gasteiger partial charge on any atom is 0.319 e. The Hall–Kier alpha value is -1.69. The van der Waals surface area contributed by atoms with Crippen LogP contribution in [0, 0.1) is 0 Å². The van der Waals surface area contributed by atoms with Crippen molar-refractivity contribution in [1.82, 2.24) is 0 Å². The second kappa shape index (κ2) is 5.83. The van der Waals surface area contributed by atoms with Crippen molar-refractivity contribution >= 4 is 5.97 Å². The zero-order chi connectivity index (χ0) is 15.6. The van der Waals surface area contributed by atoms with Crippen LogP contribution in [0.1, 0.15) is 17.5 Å². The smallest absolute Gasteiger partial charge is 0.319 e. The number of hydrogen-bond donors (Lipinski definition) is 1. The lowest BCUT2D eigenvalue weighted by molar-refractivity contribution is -0.149. The first kappa shape index (κ1) is 15.2. The van der Waals surface area contributed by atoms with E-state index in [2.05, 4.69) is 6.58 Å². The second-order valence-electron chi connectivity index (χ2n) is 6.00. The number of hydrogen-bond acceptors (Lipinski definition) is 5. The molecule has 2 heterocycles. The van der Waals surface area contributed by atoms with E-state index in [1.807, 2.05) is 24.3 Å². The number of benzene rings is 1. The van der Waals surface area contributed by atoms with Gasteiger partial charge in [-0.05, 0) is 17.5 Å². The number of esters is 1. The van der Waals surface area contributed by atoms with Crippen LogP contribution in [0.3, 0.4) is 0 Å². The molecule has 2 aliphatic rings. The molecule has 1 atom stereocenters. The predicted molar refractivity (Wildman–Crippen MR) is 81.4 cm³/mol. The molecule has 5 heteroatoms. The zero-order valence-electron chi connectivity index (χ0n) is 12.5. The Bertz CT molecular complexity index is 557. The molecule has 1 aromatic rings. The predicted octanol–water partition coefficient (Wildman–Crippen LogP) is 1.26. The molecule has 1 aromatic carbocycles. The summed E-state index contributed by atoms with van der Waals surface area (Å²) in [6, 6.07) is 7.84. The summed E-state index contributed by atoms with van der Waals surface area (Å²) in [4.78, 5) is 12.5. The highest BCUT2D eigenvalue weighted by molar-refractivity contribution is 5.84. The summed E-state index contributed by atoms with van der Waals surface area (Å²) in [5, 5.41) is 0. The number of rotatable bonds is 5. The topological polar surface area (TPSA) is 70.8 Å². The molecule has 22 heavy (non-hydrogen) atoms. The fraction of sp³-hybridized carbons (Fsp3) is 0.471. The first-order chi connectivity index (χ1) is 10.6. The lowest BCUT2D eigenvalue weighted by atomic mass is 9.78. The van der Waals surface area contributed by atoms with E-state index in [4.69, 9.17) is 19.9 Å². The van der Waals surface area contributed by atoms with E-state index in [1.165, 1.54) is 0 Å². The second-order valence-corrected chi connectivity index (χ2v) is 6.00. The number of nitrogens with two attached hydrogens (primary N) is 1. The molecular formula is C17H21NO4. The molecular weight excluding hydrogens is 282 g/mol. The van der Waals surface area contributed by atoms with Gasteiger partial charge in [0.05, 0.1) is 25.4 Å². The van der Waals surface area contributed by atoms with Gasteiger partial charge in [0, 0.05) is 6.61 Å². The number of carbonyl (C=O) groups excluding carboxylic acids is 1. The quantitative estimate of drug-likeness (QED) is 0.655. The van der Waals surface area contributed by atoms with E-state index in [0.29, 0.717) is 32.8 Å². The third-order valence-electron chi connectivity index (χ3n) is 4.48. The standard InChI is InChI=1S/C17H21NO4/c1-2-8-22-15(19)16(7-9-20-10-16)13-3-5-14(6-4-13)17(18)11-21-12-17/h2-6H,1,7-12,18H2. The molecule has 0 aliphatic carbocycles. The highest BCUT2D eigenvalue weighted by atomic mass is 16.5. The fourth-order valence-corrected chi connectivity index (χ4v) is 2.95. The summed E-state index contributed by atoms with van der Waals surface area (Å²) >= 11 is 0. The van der Waals surface area contributed by atoms with Crippen LogP contribution in [-0.2, 0) is 30.0 Å². The van der Waals surface area contributed by atoms with Gasteiger partial charge in [-0.25, -0.2) is 0 Å². The molecule has 2 fully saturated rings. The lowest BCUT2D eigenvalue weighted by Crippen LogP contribution is -2.54. The van der Waals surface area contributed by atoms with Gasteiger partial charge in [0.2, 0.25) is 0 Å². The Morgan fingerprint density at radius 1 is 1.23 bits per heavy atom. The van der Waals surface area contributed by atoms with Crippen LogP contribution in [0.4, 0.5) is 0 Å². The summed E-state index contributed by atoms with van der Waals surface area (Å²) in [6.45, 7) is 5.75. The Kier molecular flexibility index (Phi) is 4.04. The average molecular weight is 303 g/mol. The molecule has 2 N–H and O–H groups in total. The van der Waals surface area contributed by atoms with Crippen LogP contribution >= 0.6 is 0 Å². The van der Waals surface area contributed by atoms with E-state index in [0.717, 1.165) is 11.1 Å². The molecule has 3 rings (SSSR count). The summed E-state index contributed by atoms with van der Waals surface area (Å²) < 4.78 is 16.0. The first-order valence-corrected chi connectivity index (χ1v) is 7.44. The zero-order valence-corrected chi connectivity index (χ0v) is 12.5. The normalized spacial score (nSPS) is 26.2. The fourth-order valence-electron chi connectivity index (χ4n) is 2.95. The largest absolute Gasteiger partial charge is 0.461 e. The van der Waals surface area contributed by atoms with Crippen molar-refractivity contribution in [3.8, 4) is 0 Å². The van der Waals surface area contributed by atoms with E-state index >= 15 is 0 Å². The minimum atomic E-state index is -0.723. The molecule has 0 bridgehead atoms. The maximum absolute atomic E-state index is 12.5. The van der Waals surface area contributed by atoms with Crippen molar-refractivity contribution in [1.29, 1.82) is 0 Å². The monoisotopic (exact) mass is 303 g/mol. The van der Waals surface area contributed by atoms with Crippen LogP contribution in [0.15, 0.2) is 36.9 Å². The van der Waals surface area contributed by atoms with Crippen molar-refractivity contribution in [3.63, 3.8) is 0 Å². The Morgan fingerprint density at radius 3 is 2.41 bits per heavy atom. The first-order valence-electron chi connectivity index (χ1n) is 7.44. The van der Waals surface area contributed by atoms with Crippen LogP contribution < -0.4 is 5.73 Å². The molecule has 0 aromatic heterocycles. The average Bonchev–Trinajstić information content (AvgIpc) is 3.01. The Labute approximate surface area is 130 Å². The SMILES string of the molecule is C=CCOC(=O)C1(c2ccc(C3(N)COC3)cc2)CCOC1. The molecule has 0 spiro atoms. The number of ether oxygens (including phenoxy) is 3. The van der Waals surface area contributed by atoms with Crippen molar-refractivity contribution in [2.24, 2.45) is 5.73 Å².